The van der Waals surface area contributed by atoms with E-state index >= 15 is 0 Å². The third-order valence-electron chi connectivity index (χ3n) is 3.00. The van der Waals surface area contributed by atoms with Crippen molar-refractivity contribution >= 4 is 23.1 Å². The van der Waals surface area contributed by atoms with Gasteiger partial charge in [-0.2, -0.15) is 11.3 Å². The Morgan fingerprint density at radius 2 is 2.25 bits per heavy atom. The molecule has 0 atom stereocenters. The van der Waals surface area contributed by atoms with E-state index in [1.165, 1.54) is 5.56 Å². The lowest BCUT2D eigenvalue weighted by Crippen LogP contribution is -2.24. The van der Waals surface area contributed by atoms with E-state index in [2.05, 4.69) is 40.2 Å². The van der Waals surface area contributed by atoms with Gasteiger partial charge in [0.2, 0.25) is 0 Å². The van der Waals surface area contributed by atoms with Crippen LogP contribution in [0.25, 0.3) is 0 Å². The highest BCUT2D eigenvalue weighted by molar-refractivity contribution is 7.08. The van der Waals surface area contributed by atoms with Gasteiger partial charge in [0.05, 0.1) is 5.56 Å². The summed E-state index contributed by atoms with van der Waals surface area (Å²) in [5, 5.41) is 10.3. The summed E-state index contributed by atoms with van der Waals surface area (Å²) in [5.41, 5.74) is 2.97. The molecule has 5 heteroatoms. The van der Waals surface area contributed by atoms with Crippen molar-refractivity contribution in [3.05, 3.63) is 45.8 Å². The molecule has 0 radical (unpaired) electrons. The summed E-state index contributed by atoms with van der Waals surface area (Å²) in [5.74, 6) is 0.552. The minimum absolute atomic E-state index is 0.0951. The molecule has 0 fully saturated rings. The molecule has 0 bridgehead atoms. The second-order valence-corrected chi connectivity index (χ2v) is 5.33. The number of carbonyl (C=O) groups is 1. The number of thiophene rings is 1. The van der Waals surface area contributed by atoms with Gasteiger partial charge in [-0.05, 0) is 47.4 Å². The molecule has 2 heterocycles. The summed E-state index contributed by atoms with van der Waals surface area (Å²) < 4.78 is 0. The van der Waals surface area contributed by atoms with E-state index in [1.807, 2.05) is 0 Å². The number of aryl methyl sites for hydroxylation is 1. The number of aromatic nitrogens is 1. The first kappa shape index (κ1) is 14.5. The molecule has 20 heavy (non-hydrogen) atoms. The quantitative estimate of drug-likeness (QED) is 0.858. The molecule has 0 aliphatic heterocycles. The van der Waals surface area contributed by atoms with Gasteiger partial charge >= 0.3 is 0 Å². The van der Waals surface area contributed by atoms with E-state index < -0.39 is 0 Å². The Kier molecular flexibility index (Phi) is 5.12. The fourth-order valence-electron chi connectivity index (χ4n) is 1.81. The summed E-state index contributed by atoms with van der Waals surface area (Å²) in [7, 11) is 0. The van der Waals surface area contributed by atoms with Crippen molar-refractivity contribution in [3.8, 4) is 0 Å². The fourth-order valence-corrected chi connectivity index (χ4v) is 2.67. The van der Waals surface area contributed by atoms with Gasteiger partial charge in [-0.3, -0.25) is 4.79 Å². The normalized spacial score (nSPS) is 10.3. The van der Waals surface area contributed by atoms with Gasteiger partial charge in [0.1, 0.15) is 5.82 Å². The van der Waals surface area contributed by atoms with Gasteiger partial charge in [0, 0.05) is 19.3 Å². The molecule has 0 aliphatic carbocycles. The number of rotatable bonds is 6. The van der Waals surface area contributed by atoms with Crippen LogP contribution in [-0.2, 0) is 6.54 Å². The number of nitrogens with one attached hydrogen (secondary N) is 2. The Bertz CT molecular complexity index is 580. The van der Waals surface area contributed by atoms with Crippen LogP contribution in [-0.4, -0.2) is 17.4 Å². The molecule has 0 aromatic carbocycles. The summed E-state index contributed by atoms with van der Waals surface area (Å²) in [6.07, 6.45) is 2.68. The number of carbonyl (C=O) groups excluding carboxylic acids is 1. The van der Waals surface area contributed by atoms with Crippen molar-refractivity contribution in [2.45, 2.75) is 26.8 Å². The molecule has 2 N–H and O–H groups in total. The molecule has 0 unspecified atom stereocenters. The first-order valence-electron chi connectivity index (χ1n) is 6.71. The molecule has 0 saturated heterocycles. The Morgan fingerprint density at radius 1 is 1.40 bits per heavy atom. The minimum atomic E-state index is -0.0951. The van der Waals surface area contributed by atoms with E-state index in [0.717, 1.165) is 18.5 Å². The molecule has 0 spiro atoms. The highest BCUT2D eigenvalue weighted by Crippen LogP contribution is 2.15. The maximum Gasteiger partial charge on any atom is 0.255 e. The van der Waals surface area contributed by atoms with Crippen LogP contribution in [0.5, 0.6) is 0 Å². The van der Waals surface area contributed by atoms with Crippen LogP contribution in [0.3, 0.4) is 0 Å². The first-order valence-corrected chi connectivity index (χ1v) is 7.65. The molecule has 2 aromatic heterocycles. The summed E-state index contributed by atoms with van der Waals surface area (Å²) in [4.78, 5) is 16.5. The molecule has 4 nitrogen and oxygen atoms in total. The van der Waals surface area contributed by atoms with Crippen molar-refractivity contribution in [1.29, 1.82) is 0 Å². The maximum absolute atomic E-state index is 12.2. The van der Waals surface area contributed by atoms with Crippen molar-refractivity contribution < 1.29 is 4.79 Å². The maximum atomic E-state index is 12.2. The lowest BCUT2D eigenvalue weighted by atomic mass is 10.2. The number of pyridine rings is 1. The third kappa shape index (κ3) is 3.57. The second kappa shape index (κ2) is 7.05. The smallest absolute Gasteiger partial charge is 0.255 e. The van der Waals surface area contributed by atoms with Gasteiger partial charge in [-0.1, -0.05) is 6.92 Å². The van der Waals surface area contributed by atoms with E-state index in [9.17, 15) is 4.79 Å². The zero-order chi connectivity index (χ0) is 14.4. The molecule has 106 valence electrons. The molecule has 2 rings (SSSR count). The predicted octanol–water partition coefficient (Wildman–Crippen LogP) is 3.20. The van der Waals surface area contributed by atoms with Crippen LogP contribution in [0.15, 0.2) is 29.1 Å². The van der Waals surface area contributed by atoms with Gasteiger partial charge < -0.3 is 10.6 Å². The second-order valence-electron chi connectivity index (χ2n) is 4.59. The number of amides is 1. The van der Waals surface area contributed by atoms with Crippen LogP contribution >= 0.6 is 11.3 Å². The standard InChI is InChI=1S/C15H19N3OS/c1-3-6-16-14-13(5-4-7-17-14)15(19)18-8-12-10-20-9-11(12)2/h4-5,7,9-10H,3,6,8H2,1-2H3,(H,16,17)(H,18,19). The molecule has 1 amide bonds. The Hall–Kier alpha value is -1.88. The zero-order valence-electron chi connectivity index (χ0n) is 11.8. The van der Waals surface area contributed by atoms with E-state index in [1.54, 1.807) is 29.7 Å². The lowest BCUT2D eigenvalue weighted by Gasteiger charge is -2.10. The summed E-state index contributed by atoms with van der Waals surface area (Å²) >= 11 is 1.65. The highest BCUT2D eigenvalue weighted by atomic mass is 32.1. The van der Waals surface area contributed by atoms with Crippen molar-refractivity contribution in [2.75, 3.05) is 11.9 Å². The minimum Gasteiger partial charge on any atom is -0.369 e. The topological polar surface area (TPSA) is 54.0 Å². The Labute approximate surface area is 123 Å². The average Bonchev–Trinajstić information content (AvgIpc) is 2.88. The summed E-state index contributed by atoms with van der Waals surface area (Å²) in [6, 6.07) is 3.57. The molecule has 0 aliphatic rings. The monoisotopic (exact) mass is 289 g/mol. The van der Waals surface area contributed by atoms with E-state index in [-0.39, 0.29) is 5.91 Å². The van der Waals surface area contributed by atoms with E-state index in [0.29, 0.717) is 17.9 Å². The lowest BCUT2D eigenvalue weighted by molar-refractivity contribution is 0.0951. The zero-order valence-corrected chi connectivity index (χ0v) is 12.6. The van der Waals surface area contributed by atoms with Crippen LogP contribution in [0.2, 0.25) is 0 Å². The van der Waals surface area contributed by atoms with Crippen molar-refractivity contribution in [3.63, 3.8) is 0 Å². The SMILES string of the molecule is CCCNc1ncccc1C(=O)NCc1cscc1C. The predicted molar refractivity (Wildman–Crippen MR) is 83.2 cm³/mol. The van der Waals surface area contributed by atoms with Crippen LogP contribution in [0.4, 0.5) is 5.82 Å². The molecular formula is C15H19N3OS. The molecule has 0 saturated carbocycles. The molecule has 2 aromatic rings. The van der Waals surface area contributed by atoms with Gasteiger partial charge in [0.25, 0.3) is 5.91 Å². The fraction of sp³-hybridized carbons (Fsp3) is 0.333. The van der Waals surface area contributed by atoms with Gasteiger partial charge in [0.15, 0.2) is 0 Å². The molecular weight excluding hydrogens is 270 g/mol. The van der Waals surface area contributed by atoms with Gasteiger partial charge in [-0.15, -0.1) is 0 Å². The first-order chi connectivity index (χ1) is 9.72. The van der Waals surface area contributed by atoms with Crippen molar-refractivity contribution in [1.82, 2.24) is 10.3 Å². The number of hydrogen-bond donors (Lipinski definition) is 2. The average molecular weight is 289 g/mol. The number of nitrogens with zero attached hydrogens (tertiary/aromatic N) is 1. The van der Waals surface area contributed by atoms with Crippen LogP contribution in [0, 0.1) is 6.92 Å². The van der Waals surface area contributed by atoms with Gasteiger partial charge in [-0.25, -0.2) is 4.98 Å². The number of hydrogen-bond acceptors (Lipinski definition) is 4. The Balaban J connectivity index is 2.03. The van der Waals surface area contributed by atoms with Crippen LogP contribution in [0.1, 0.15) is 34.8 Å². The third-order valence-corrected chi connectivity index (χ3v) is 3.91. The largest absolute Gasteiger partial charge is 0.369 e. The van der Waals surface area contributed by atoms with E-state index in [4.69, 9.17) is 0 Å². The summed E-state index contributed by atoms with van der Waals surface area (Å²) in [6.45, 7) is 5.49. The Morgan fingerprint density at radius 3 is 2.95 bits per heavy atom. The van der Waals surface area contributed by atoms with Crippen LogP contribution < -0.4 is 10.6 Å². The van der Waals surface area contributed by atoms with Crippen molar-refractivity contribution in [2.24, 2.45) is 0 Å². The highest BCUT2D eigenvalue weighted by Gasteiger charge is 2.12. The number of anilines is 1.